The highest BCUT2D eigenvalue weighted by Crippen LogP contribution is 2.23. The Morgan fingerprint density at radius 1 is 1.30 bits per heavy atom. The number of nitrogens with zero attached hydrogens (tertiary/aromatic N) is 3. The average molecular weight is 389 g/mol. The molecule has 12 heteroatoms. The van der Waals surface area contributed by atoms with Crippen LogP contribution in [0.3, 0.4) is 0 Å². The van der Waals surface area contributed by atoms with Gasteiger partial charge in [-0.25, -0.2) is 13.8 Å². The molecule has 0 aromatic carbocycles. The largest absolute Gasteiger partial charge is 0.471 e. The van der Waals surface area contributed by atoms with Crippen molar-refractivity contribution in [1.82, 2.24) is 20.1 Å². The zero-order valence-corrected chi connectivity index (χ0v) is 14.2. The highest BCUT2D eigenvalue weighted by Gasteiger charge is 2.41. The summed E-state index contributed by atoms with van der Waals surface area (Å²) in [5.41, 5.74) is 0.254. The molecule has 0 fully saturated rings. The van der Waals surface area contributed by atoms with Crippen LogP contribution in [-0.4, -0.2) is 52.6 Å². The molecule has 2 heterocycles. The van der Waals surface area contributed by atoms with Gasteiger partial charge in [-0.1, -0.05) is 0 Å². The topological polar surface area (TPSA) is 98.1 Å². The Bertz CT molecular complexity index is 823. The number of ether oxygens (including phenoxy) is 1. The first kappa shape index (κ1) is 20.1. The molecule has 0 saturated carbocycles. The number of nitrogens with one attached hydrogen (secondary N) is 2. The van der Waals surface area contributed by atoms with E-state index in [0.29, 0.717) is 0 Å². The molecular weight excluding hydrogens is 374 g/mol. The normalized spacial score (nSPS) is 11.4. The van der Waals surface area contributed by atoms with Gasteiger partial charge in [-0.05, 0) is 6.07 Å². The van der Waals surface area contributed by atoms with Crippen LogP contribution in [0.15, 0.2) is 24.4 Å². The van der Waals surface area contributed by atoms with Crippen molar-refractivity contribution in [3.05, 3.63) is 35.7 Å². The first-order valence-electron chi connectivity index (χ1n) is 7.46. The van der Waals surface area contributed by atoms with Crippen LogP contribution in [0.2, 0.25) is 0 Å². The fourth-order valence-electron chi connectivity index (χ4n) is 1.89. The first-order valence-corrected chi connectivity index (χ1v) is 7.46. The third-order valence-electron chi connectivity index (χ3n) is 3.31. The summed E-state index contributed by atoms with van der Waals surface area (Å²) in [6.07, 6.45) is -2.84. The summed E-state index contributed by atoms with van der Waals surface area (Å²) in [6, 6.07) is 3.65. The van der Waals surface area contributed by atoms with E-state index in [0.717, 1.165) is 12.3 Å². The predicted molar refractivity (Wildman–Crippen MR) is 85.2 cm³/mol. The Morgan fingerprint density at radius 2 is 2.00 bits per heavy atom. The van der Waals surface area contributed by atoms with Crippen LogP contribution in [0.1, 0.15) is 20.8 Å². The molecule has 2 aromatic heterocycles. The highest BCUT2D eigenvalue weighted by atomic mass is 19.3. The maximum atomic E-state index is 12.8. The number of aromatic nitrogens is 3. The number of carbonyl (C=O) groups is 2. The molecule has 0 bridgehead atoms. The van der Waals surface area contributed by atoms with Gasteiger partial charge in [-0.2, -0.15) is 13.9 Å². The molecule has 0 aliphatic rings. The third-order valence-corrected chi connectivity index (χ3v) is 3.31. The van der Waals surface area contributed by atoms with Gasteiger partial charge >= 0.3 is 12.3 Å². The van der Waals surface area contributed by atoms with Gasteiger partial charge in [0.25, 0.3) is 11.8 Å². The second-order valence-corrected chi connectivity index (χ2v) is 5.31. The number of amides is 2. The number of halogens is 4. The Labute approximate surface area is 150 Å². The monoisotopic (exact) mass is 389 g/mol. The lowest BCUT2D eigenvalue weighted by molar-refractivity contribution is -0.148. The molecule has 0 saturated heterocycles. The van der Waals surface area contributed by atoms with Crippen LogP contribution in [0.25, 0.3) is 0 Å². The number of carbonyl (C=O) groups excluding carboxylic acids is 2. The number of anilines is 1. The molecule has 0 spiro atoms. The van der Waals surface area contributed by atoms with Gasteiger partial charge in [0.2, 0.25) is 5.88 Å². The lowest BCUT2D eigenvalue weighted by atomic mass is 10.2. The fraction of sp³-hybridized carbons (Fsp3) is 0.333. The number of aryl methyl sites for hydroxylation is 1. The maximum absolute atomic E-state index is 12.8. The molecule has 27 heavy (non-hydrogen) atoms. The van der Waals surface area contributed by atoms with E-state index in [1.165, 1.54) is 30.9 Å². The van der Waals surface area contributed by atoms with E-state index in [4.69, 9.17) is 0 Å². The van der Waals surface area contributed by atoms with Gasteiger partial charge in [0.05, 0.1) is 5.56 Å². The number of hydrogen-bond acceptors (Lipinski definition) is 5. The minimum Gasteiger partial charge on any atom is -0.471 e. The zero-order valence-electron chi connectivity index (χ0n) is 14.2. The predicted octanol–water partition coefficient (Wildman–Crippen LogP) is 1.71. The lowest BCUT2D eigenvalue weighted by Crippen LogP contribution is -2.33. The average Bonchev–Trinajstić information content (AvgIpc) is 2.99. The summed E-state index contributed by atoms with van der Waals surface area (Å²) >= 11 is 0. The van der Waals surface area contributed by atoms with Crippen molar-refractivity contribution in [2.45, 2.75) is 12.3 Å². The van der Waals surface area contributed by atoms with Crippen molar-refractivity contribution in [1.29, 1.82) is 0 Å². The quantitative estimate of drug-likeness (QED) is 0.703. The number of hydrogen-bond donors (Lipinski definition) is 2. The summed E-state index contributed by atoms with van der Waals surface area (Å²) in [7, 11) is 2.96. The van der Waals surface area contributed by atoms with Crippen LogP contribution >= 0.6 is 0 Å². The zero-order chi connectivity index (χ0) is 20.2. The Hall–Kier alpha value is -3.18. The van der Waals surface area contributed by atoms with Gasteiger partial charge in [-0.15, -0.1) is 0 Å². The number of alkyl halides is 4. The SMILES string of the molecule is CNC(=O)c1cc(NC(=O)c2ccc(OCC(F)(F)C(F)F)nc2)nn1C. The summed E-state index contributed by atoms with van der Waals surface area (Å²) in [5, 5.41) is 8.82. The molecular formula is C15H15F4N5O3. The highest BCUT2D eigenvalue weighted by molar-refractivity contribution is 6.04. The first-order chi connectivity index (χ1) is 12.6. The molecule has 0 aliphatic heterocycles. The van der Waals surface area contributed by atoms with E-state index >= 15 is 0 Å². The van der Waals surface area contributed by atoms with Crippen LogP contribution in [0.5, 0.6) is 5.88 Å². The number of rotatable bonds is 7. The molecule has 0 aliphatic carbocycles. The number of pyridine rings is 1. The van der Waals surface area contributed by atoms with Crippen LogP contribution < -0.4 is 15.4 Å². The molecule has 2 amide bonds. The van der Waals surface area contributed by atoms with Crippen molar-refractivity contribution in [3.63, 3.8) is 0 Å². The smallest absolute Gasteiger partial charge is 0.340 e. The van der Waals surface area contributed by atoms with Crippen molar-refractivity contribution in [2.75, 3.05) is 19.0 Å². The molecule has 2 N–H and O–H groups in total. The summed E-state index contributed by atoms with van der Waals surface area (Å²) in [6.45, 7) is -1.54. The van der Waals surface area contributed by atoms with Gasteiger partial charge in [-0.3, -0.25) is 14.3 Å². The second-order valence-electron chi connectivity index (χ2n) is 5.31. The van der Waals surface area contributed by atoms with E-state index in [1.807, 2.05) is 0 Å². The summed E-state index contributed by atoms with van der Waals surface area (Å²) in [5.74, 6) is -5.56. The van der Waals surface area contributed by atoms with Gasteiger partial charge in [0.1, 0.15) is 5.69 Å². The fourth-order valence-corrected chi connectivity index (χ4v) is 1.89. The molecule has 2 aromatic rings. The Kier molecular flexibility index (Phi) is 5.98. The Balaban J connectivity index is 2.01. The van der Waals surface area contributed by atoms with Crippen molar-refractivity contribution in [2.24, 2.45) is 7.05 Å². The van der Waals surface area contributed by atoms with Gasteiger partial charge < -0.3 is 15.4 Å². The standard InChI is InChI=1S/C15H15F4N5O3/c1-20-13(26)9-5-10(23-24(9)2)22-12(25)8-3-4-11(21-6-8)27-7-15(18,19)14(16)17/h3-6,14H,7H2,1-2H3,(H,20,26)(H,22,23,25). The van der Waals surface area contributed by atoms with E-state index in [9.17, 15) is 27.2 Å². The van der Waals surface area contributed by atoms with Crippen LogP contribution in [0.4, 0.5) is 23.4 Å². The molecule has 2 rings (SSSR count). The van der Waals surface area contributed by atoms with Gasteiger partial charge in [0.15, 0.2) is 12.4 Å². The third kappa shape index (κ3) is 4.92. The molecule has 0 unspecified atom stereocenters. The van der Waals surface area contributed by atoms with E-state index < -0.39 is 30.8 Å². The molecule has 8 nitrogen and oxygen atoms in total. The second kappa shape index (κ2) is 8.01. The summed E-state index contributed by atoms with van der Waals surface area (Å²) < 4.78 is 55.5. The van der Waals surface area contributed by atoms with Gasteiger partial charge in [0, 0.05) is 32.4 Å². The molecule has 0 radical (unpaired) electrons. The van der Waals surface area contributed by atoms with Crippen molar-refractivity contribution >= 4 is 17.6 Å². The van der Waals surface area contributed by atoms with E-state index in [1.54, 1.807) is 0 Å². The molecule has 0 atom stereocenters. The summed E-state index contributed by atoms with van der Waals surface area (Å²) in [4.78, 5) is 27.4. The van der Waals surface area contributed by atoms with Crippen molar-refractivity contribution < 1.29 is 31.9 Å². The maximum Gasteiger partial charge on any atom is 0.340 e. The minimum absolute atomic E-state index is 0.0371. The Morgan fingerprint density at radius 3 is 2.56 bits per heavy atom. The van der Waals surface area contributed by atoms with Crippen molar-refractivity contribution in [3.8, 4) is 5.88 Å². The van der Waals surface area contributed by atoms with Crippen LogP contribution in [-0.2, 0) is 7.05 Å². The van der Waals surface area contributed by atoms with E-state index in [-0.39, 0.29) is 23.0 Å². The van der Waals surface area contributed by atoms with E-state index in [2.05, 4.69) is 25.5 Å². The van der Waals surface area contributed by atoms with Crippen LogP contribution in [0, 0.1) is 0 Å². The lowest BCUT2D eigenvalue weighted by Gasteiger charge is -2.15. The molecule has 146 valence electrons. The minimum atomic E-state index is -4.31.